The van der Waals surface area contributed by atoms with E-state index >= 15 is 0 Å². The van der Waals surface area contributed by atoms with Gasteiger partial charge in [-0.2, -0.15) is 0 Å². The zero-order valence-corrected chi connectivity index (χ0v) is 10.3. The Kier molecular flexibility index (Phi) is 4.21. The second kappa shape index (κ2) is 5.43. The molecule has 0 spiro atoms. The largest absolute Gasteiger partial charge is 0.453 e. The Morgan fingerprint density at radius 3 is 2.29 bits per heavy atom. The van der Waals surface area contributed by atoms with E-state index in [1.807, 2.05) is 31.2 Å². The average Bonchev–Trinajstić information content (AvgIpc) is 2.25. The Hall–Kier alpha value is -1.90. The summed E-state index contributed by atoms with van der Waals surface area (Å²) in [6.45, 7) is 8.33. The van der Waals surface area contributed by atoms with Gasteiger partial charge in [0, 0.05) is 18.1 Å². The summed E-state index contributed by atoms with van der Waals surface area (Å²) >= 11 is 0. The summed E-state index contributed by atoms with van der Waals surface area (Å²) < 4.78 is 5.18. The SMILES string of the molecule is C=C(C(C)=O)C(OC(C)=O)c1ccccc1C. The zero-order chi connectivity index (χ0) is 13.0. The molecule has 1 unspecified atom stereocenters. The van der Waals surface area contributed by atoms with Crippen molar-refractivity contribution in [2.24, 2.45) is 0 Å². The van der Waals surface area contributed by atoms with Crippen molar-refractivity contribution in [1.29, 1.82) is 0 Å². The van der Waals surface area contributed by atoms with E-state index in [9.17, 15) is 9.59 Å². The molecule has 3 heteroatoms. The van der Waals surface area contributed by atoms with Crippen LogP contribution in [-0.2, 0) is 14.3 Å². The first kappa shape index (κ1) is 13.2. The first-order chi connectivity index (χ1) is 7.93. The number of hydrogen-bond acceptors (Lipinski definition) is 3. The van der Waals surface area contributed by atoms with Crippen LogP contribution in [0.1, 0.15) is 31.1 Å². The summed E-state index contributed by atoms with van der Waals surface area (Å²) in [7, 11) is 0. The number of hydrogen-bond donors (Lipinski definition) is 0. The Morgan fingerprint density at radius 2 is 1.82 bits per heavy atom. The highest BCUT2D eigenvalue weighted by Gasteiger charge is 2.22. The van der Waals surface area contributed by atoms with Gasteiger partial charge in [0.15, 0.2) is 11.9 Å². The Morgan fingerprint density at radius 1 is 1.24 bits per heavy atom. The van der Waals surface area contributed by atoms with Crippen LogP contribution in [0.3, 0.4) is 0 Å². The highest BCUT2D eigenvalue weighted by Crippen LogP contribution is 2.28. The maximum Gasteiger partial charge on any atom is 0.303 e. The maximum absolute atomic E-state index is 11.4. The summed E-state index contributed by atoms with van der Waals surface area (Å²) in [5, 5.41) is 0. The van der Waals surface area contributed by atoms with Gasteiger partial charge in [-0.25, -0.2) is 0 Å². The minimum absolute atomic E-state index is 0.181. The molecule has 0 aliphatic rings. The molecule has 0 saturated carbocycles. The molecule has 0 N–H and O–H groups in total. The highest BCUT2D eigenvalue weighted by molar-refractivity contribution is 5.94. The van der Waals surface area contributed by atoms with Crippen LogP contribution in [0.15, 0.2) is 36.4 Å². The Labute approximate surface area is 101 Å². The summed E-state index contributed by atoms with van der Waals surface area (Å²) in [6.07, 6.45) is -0.689. The number of esters is 1. The van der Waals surface area contributed by atoms with Gasteiger partial charge in [-0.1, -0.05) is 30.8 Å². The molecule has 0 fully saturated rings. The summed E-state index contributed by atoms with van der Waals surface area (Å²) in [6, 6.07) is 7.46. The molecule has 0 heterocycles. The van der Waals surface area contributed by atoms with Gasteiger partial charge in [0.25, 0.3) is 0 Å². The van der Waals surface area contributed by atoms with Crippen LogP contribution in [-0.4, -0.2) is 11.8 Å². The van der Waals surface area contributed by atoms with Crippen molar-refractivity contribution in [1.82, 2.24) is 0 Å². The number of rotatable bonds is 4. The summed E-state index contributed by atoms with van der Waals surface area (Å²) in [5.41, 5.74) is 2.04. The van der Waals surface area contributed by atoms with Crippen LogP contribution in [0.2, 0.25) is 0 Å². The lowest BCUT2D eigenvalue weighted by Crippen LogP contribution is -2.15. The van der Waals surface area contributed by atoms with Crippen molar-refractivity contribution in [2.45, 2.75) is 26.9 Å². The van der Waals surface area contributed by atoms with E-state index in [2.05, 4.69) is 6.58 Å². The molecule has 1 aromatic rings. The number of ketones is 1. The lowest BCUT2D eigenvalue weighted by Gasteiger charge is -2.20. The van der Waals surface area contributed by atoms with Crippen molar-refractivity contribution in [3.8, 4) is 0 Å². The molecule has 0 aromatic heterocycles. The lowest BCUT2D eigenvalue weighted by atomic mass is 9.96. The molecule has 17 heavy (non-hydrogen) atoms. The van der Waals surface area contributed by atoms with Gasteiger partial charge in [-0.3, -0.25) is 9.59 Å². The third-order valence-corrected chi connectivity index (χ3v) is 2.52. The van der Waals surface area contributed by atoms with Gasteiger partial charge in [0.2, 0.25) is 0 Å². The zero-order valence-electron chi connectivity index (χ0n) is 10.3. The third-order valence-electron chi connectivity index (χ3n) is 2.52. The molecule has 0 aliphatic heterocycles. The molecule has 1 aromatic carbocycles. The molecule has 1 atom stereocenters. The second-order valence-electron chi connectivity index (χ2n) is 3.93. The van der Waals surface area contributed by atoms with Gasteiger partial charge < -0.3 is 4.74 Å². The standard InChI is InChI=1S/C14H16O3/c1-9-7-5-6-8-13(9)14(17-12(4)16)10(2)11(3)15/h5-8,14H,2H2,1,3-4H3. The fourth-order valence-corrected chi connectivity index (χ4v) is 1.55. The third kappa shape index (κ3) is 3.28. The van der Waals surface area contributed by atoms with E-state index in [0.29, 0.717) is 0 Å². The molecule has 1 rings (SSSR count). The van der Waals surface area contributed by atoms with Crippen LogP contribution in [0.4, 0.5) is 0 Å². The second-order valence-corrected chi connectivity index (χ2v) is 3.93. The molecule has 3 nitrogen and oxygen atoms in total. The topological polar surface area (TPSA) is 43.4 Å². The van der Waals surface area contributed by atoms with Crippen molar-refractivity contribution >= 4 is 11.8 Å². The van der Waals surface area contributed by atoms with Crippen LogP contribution >= 0.6 is 0 Å². The lowest BCUT2D eigenvalue weighted by molar-refractivity contribution is -0.145. The van der Waals surface area contributed by atoms with Crippen LogP contribution in [0, 0.1) is 6.92 Å². The molecule has 90 valence electrons. The van der Waals surface area contributed by atoms with Gasteiger partial charge in [-0.05, 0) is 19.4 Å². The molecule has 0 aliphatic carbocycles. The van der Waals surface area contributed by atoms with E-state index in [0.717, 1.165) is 11.1 Å². The first-order valence-electron chi connectivity index (χ1n) is 5.36. The number of Topliss-reactive ketones (excluding diaryl/α,β-unsaturated/α-hetero) is 1. The summed E-state index contributed by atoms with van der Waals surface area (Å²) in [4.78, 5) is 22.5. The van der Waals surface area contributed by atoms with E-state index in [-0.39, 0.29) is 11.4 Å². The smallest absolute Gasteiger partial charge is 0.303 e. The van der Waals surface area contributed by atoms with E-state index in [1.54, 1.807) is 0 Å². The number of benzene rings is 1. The molecule has 0 radical (unpaired) electrons. The Balaban J connectivity index is 3.15. The predicted octanol–water partition coefficient (Wildman–Crippen LogP) is 2.74. The monoisotopic (exact) mass is 232 g/mol. The first-order valence-corrected chi connectivity index (χ1v) is 5.36. The molecule has 0 bridgehead atoms. The van der Waals surface area contributed by atoms with Gasteiger partial charge >= 0.3 is 5.97 Å². The van der Waals surface area contributed by atoms with Crippen LogP contribution in [0.25, 0.3) is 0 Å². The van der Waals surface area contributed by atoms with Gasteiger partial charge in [-0.15, -0.1) is 0 Å². The van der Waals surface area contributed by atoms with E-state index in [1.165, 1.54) is 13.8 Å². The van der Waals surface area contributed by atoms with Gasteiger partial charge in [0.1, 0.15) is 0 Å². The fourth-order valence-electron chi connectivity index (χ4n) is 1.55. The number of carbonyl (C=O) groups excluding carboxylic acids is 2. The molecular formula is C14H16O3. The minimum atomic E-state index is -0.689. The van der Waals surface area contributed by atoms with Gasteiger partial charge in [0.05, 0.1) is 0 Å². The number of aryl methyl sites for hydroxylation is 1. The van der Waals surface area contributed by atoms with Crippen molar-refractivity contribution < 1.29 is 14.3 Å². The maximum atomic E-state index is 11.4. The summed E-state index contributed by atoms with van der Waals surface area (Å²) in [5.74, 6) is -0.611. The number of carbonyl (C=O) groups is 2. The quantitative estimate of drug-likeness (QED) is 0.592. The van der Waals surface area contributed by atoms with Crippen LogP contribution < -0.4 is 0 Å². The predicted molar refractivity (Wildman–Crippen MR) is 65.5 cm³/mol. The van der Waals surface area contributed by atoms with E-state index in [4.69, 9.17) is 4.74 Å². The molecular weight excluding hydrogens is 216 g/mol. The van der Waals surface area contributed by atoms with Crippen molar-refractivity contribution in [2.75, 3.05) is 0 Å². The molecule has 0 amide bonds. The highest BCUT2D eigenvalue weighted by atomic mass is 16.5. The van der Waals surface area contributed by atoms with Crippen molar-refractivity contribution in [3.05, 3.63) is 47.5 Å². The van der Waals surface area contributed by atoms with E-state index < -0.39 is 12.1 Å². The van der Waals surface area contributed by atoms with Crippen LogP contribution in [0.5, 0.6) is 0 Å². The normalized spacial score (nSPS) is 11.7. The molecule has 0 saturated heterocycles. The average molecular weight is 232 g/mol. The van der Waals surface area contributed by atoms with Crippen molar-refractivity contribution in [3.63, 3.8) is 0 Å². The Bertz CT molecular complexity index is 460. The number of ether oxygens (including phenoxy) is 1. The minimum Gasteiger partial charge on any atom is -0.453 e. The fraction of sp³-hybridized carbons (Fsp3) is 0.286.